The molecule has 9 heteroatoms. The van der Waals surface area contributed by atoms with Gasteiger partial charge in [0.25, 0.3) is 0 Å². The molecule has 1 aromatic carbocycles. The fraction of sp³-hybridized carbons (Fsp3) is 0.125. The van der Waals surface area contributed by atoms with Crippen LogP contribution in [0, 0.1) is 5.82 Å². The quantitative estimate of drug-likeness (QED) is 0.486. The smallest absolute Gasteiger partial charge is 0.429 e. The number of nitrogens with zero attached hydrogens (tertiary/aromatic N) is 1. The summed E-state index contributed by atoms with van der Waals surface area (Å²) < 4.78 is 58.9. The van der Waals surface area contributed by atoms with E-state index in [2.05, 4.69) is 30.6 Å². The molecule has 4 nitrogen and oxygen atoms in total. The van der Waals surface area contributed by atoms with Crippen LogP contribution in [0.5, 0.6) is 0 Å². The number of H-pyrrole nitrogens is 1. The molecule has 25 heavy (non-hydrogen) atoms. The van der Waals surface area contributed by atoms with Crippen molar-refractivity contribution in [2.24, 2.45) is 0 Å². The number of aromatic amines is 1. The van der Waals surface area contributed by atoms with E-state index < -0.39 is 29.6 Å². The first-order valence-electron chi connectivity index (χ1n) is 6.92. The summed E-state index contributed by atoms with van der Waals surface area (Å²) >= 11 is 2.98. The Hall–Kier alpha value is -2.42. The molecule has 1 atom stereocenters. The van der Waals surface area contributed by atoms with E-state index in [9.17, 15) is 22.4 Å². The largest absolute Gasteiger partial charge is 0.444 e. The Bertz CT molecular complexity index is 939. The maximum atomic E-state index is 13.9. The molecule has 2 aromatic heterocycles. The van der Waals surface area contributed by atoms with Crippen LogP contribution in [0.2, 0.25) is 0 Å². The highest BCUT2D eigenvalue weighted by Gasteiger charge is 2.45. The molecule has 3 rings (SSSR count). The number of carbonyl (C=O) groups is 1. The van der Waals surface area contributed by atoms with Crippen LogP contribution in [0.3, 0.4) is 0 Å². The molecule has 0 spiro atoms. The van der Waals surface area contributed by atoms with Crippen molar-refractivity contribution in [1.82, 2.24) is 9.97 Å². The monoisotopic (exact) mass is 416 g/mol. The fourth-order valence-corrected chi connectivity index (χ4v) is 2.71. The second kappa shape index (κ2) is 6.47. The molecule has 0 amide bonds. The number of fused-ring (bicyclic) bond motifs is 1. The van der Waals surface area contributed by atoms with E-state index in [1.165, 1.54) is 30.6 Å². The van der Waals surface area contributed by atoms with Gasteiger partial charge in [-0.3, -0.25) is 0 Å². The number of esters is 1. The number of alkyl halides is 3. The Labute approximate surface area is 146 Å². The summed E-state index contributed by atoms with van der Waals surface area (Å²) in [6.07, 6.45) is -4.97. The Morgan fingerprint density at radius 2 is 2.00 bits per heavy atom. The van der Waals surface area contributed by atoms with Crippen molar-refractivity contribution in [3.63, 3.8) is 0 Å². The Morgan fingerprint density at radius 3 is 2.72 bits per heavy atom. The Kier molecular flexibility index (Phi) is 4.51. The van der Waals surface area contributed by atoms with E-state index in [0.29, 0.717) is 11.0 Å². The average molecular weight is 417 g/mol. The predicted molar refractivity (Wildman–Crippen MR) is 84.4 cm³/mol. The van der Waals surface area contributed by atoms with Gasteiger partial charge in [0.15, 0.2) is 0 Å². The average Bonchev–Trinajstić information content (AvgIpc) is 3.02. The highest BCUT2D eigenvalue weighted by Crippen LogP contribution is 2.38. The summed E-state index contributed by atoms with van der Waals surface area (Å²) in [6.45, 7) is 0. The highest BCUT2D eigenvalue weighted by molar-refractivity contribution is 9.10. The molecule has 0 aliphatic rings. The molecule has 0 fully saturated rings. The SMILES string of the molecule is O=C(OC(c1cc(Br)ccc1F)C(F)(F)F)c1ccnc2[nH]ccc12. The molecule has 0 saturated carbocycles. The first kappa shape index (κ1) is 17.4. The minimum Gasteiger partial charge on any atom is -0.444 e. The summed E-state index contributed by atoms with van der Waals surface area (Å²) in [5.41, 5.74) is -0.558. The third-order valence-electron chi connectivity index (χ3n) is 3.44. The molecule has 130 valence electrons. The third kappa shape index (κ3) is 3.51. The number of ether oxygens (including phenoxy) is 1. The van der Waals surface area contributed by atoms with Crippen LogP contribution in [0.1, 0.15) is 22.0 Å². The number of halogens is 5. The van der Waals surface area contributed by atoms with E-state index in [-0.39, 0.29) is 10.0 Å². The first-order valence-corrected chi connectivity index (χ1v) is 7.71. The van der Waals surface area contributed by atoms with Crippen LogP contribution >= 0.6 is 15.9 Å². The number of hydrogen-bond donors (Lipinski definition) is 1. The summed E-state index contributed by atoms with van der Waals surface area (Å²) in [5.74, 6) is -2.35. The lowest BCUT2D eigenvalue weighted by atomic mass is 10.1. The molecule has 0 saturated heterocycles. The number of carbonyl (C=O) groups excluding carboxylic acids is 1. The minimum atomic E-state index is -4.98. The van der Waals surface area contributed by atoms with Gasteiger partial charge in [-0.1, -0.05) is 15.9 Å². The standard InChI is InChI=1S/C16H9BrF4N2O2/c17-8-1-2-12(18)11(7-8)13(16(19,20)21)25-15(24)10-4-6-23-14-9(10)3-5-22-14/h1-7,13H,(H,22,23). The maximum absolute atomic E-state index is 13.9. The highest BCUT2D eigenvalue weighted by atomic mass is 79.9. The molecular formula is C16H9BrF4N2O2. The molecule has 1 N–H and O–H groups in total. The van der Waals surface area contributed by atoms with E-state index in [1.54, 1.807) is 0 Å². The van der Waals surface area contributed by atoms with E-state index in [4.69, 9.17) is 0 Å². The van der Waals surface area contributed by atoms with Crippen molar-refractivity contribution < 1.29 is 27.1 Å². The lowest BCUT2D eigenvalue weighted by Gasteiger charge is -2.22. The van der Waals surface area contributed by atoms with Crippen LogP contribution in [-0.4, -0.2) is 22.1 Å². The van der Waals surface area contributed by atoms with Gasteiger partial charge < -0.3 is 9.72 Å². The number of hydrogen-bond acceptors (Lipinski definition) is 3. The topological polar surface area (TPSA) is 55.0 Å². The zero-order valence-electron chi connectivity index (χ0n) is 12.3. The van der Waals surface area contributed by atoms with Crippen LogP contribution in [0.15, 0.2) is 47.2 Å². The summed E-state index contributed by atoms with van der Waals surface area (Å²) in [6, 6.07) is 5.77. The molecule has 3 aromatic rings. The van der Waals surface area contributed by atoms with Crippen molar-refractivity contribution in [2.75, 3.05) is 0 Å². The molecule has 1 unspecified atom stereocenters. The number of benzene rings is 1. The van der Waals surface area contributed by atoms with Gasteiger partial charge in [-0.05, 0) is 30.3 Å². The van der Waals surface area contributed by atoms with Gasteiger partial charge in [0.1, 0.15) is 11.5 Å². The lowest BCUT2D eigenvalue weighted by molar-refractivity contribution is -0.208. The van der Waals surface area contributed by atoms with Crippen LogP contribution < -0.4 is 0 Å². The molecule has 0 bridgehead atoms. The summed E-state index contributed by atoms with van der Waals surface area (Å²) in [5, 5.41) is 0.308. The van der Waals surface area contributed by atoms with Crippen LogP contribution in [-0.2, 0) is 4.74 Å². The summed E-state index contributed by atoms with van der Waals surface area (Å²) in [7, 11) is 0. The van der Waals surface area contributed by atoms with E-state index >= 15 is 0 Å². The lowest BCUT2D eigenvalue weighted by Crippen LogP contribution is -2.27. The van der Waals surface area contributed by atoms with Gasteiger partial charge in [-0.15, -0.1) is 0 Å². The second-order valence-corrected chi connectivity index (χ2v) is 6.01. The zero-order chi connectivity index (χ0) is 18.2. The van der Waals surface area contributed by atoms with Crippen LogP contribution in [0.4, 0.5) is 17.6 Å². The van der Waals surface area contributed by atoms with Crippen molar-refractivity contribution in [1.29, 1.82) is 0 Å². The molecule has 2 heterocycles. The molecule has 0 aliphatic heterocycles. The molecule has 0 radical (unpaired) electrons. The normalized spacial score (nSPS) is 13.0. The Balaban J connectivity index is 2.00. The first-order chi connectivity index (χ1) is 11.8. The van der Waals surface area contributed by atoms with Gasteiger partial charge in [0.05, 0.1) is 5.56 Å². The van der Waals surface area contributed by atoms with E-state index in [1.807, 2.05) is 0 Å². The molecule has 0 aliphatic carbocycles. The predicted octanol–water partition coefficient (Wildman–Crippen LogP) is 4.92. The van der Waals surface area contributed by atoms with E-state index in [0.717, 1.165) is 12.1 Å². The second-order valence-electron chi connectivity index (χ2n) is 5.09. The number of nitrogens with one attached hydrogen (secondary N) is 1. The van der Waals surface area contributed by atoms with Gasteiger partial charge in [-0.25, -0.2) is 14.2 Å². The van der Waals surface area contributed by atoms with Crippen LogP contribution in [0.25, 0.3) is 11.0 Å². The van der Waals surface area contributed by atoms with Crippen molar-refractivity contribution >= 4 is 32.9 Å². The van der Waals surface area contributed by atoms with Crippen molar-refractivity contribution in [2.45, 2.75) is 12.3 Å². The van der Waals surface area contributed by atoms with Gasteiger partial charge >= 0.3 is 12.1 Å². The number of rotatable bonds is 3. The number of aromatic nitrogens is 2. The fourth-order valence-electron chi connectivity index (χ4n) is 2.33. The van der Waals surface area contributed by atoms with Gasteiger partial charge in [0, 0.05) is 27.8 Å². The third-order valence-corrected chi connectivity index (χ3v) is 3.94. The summed E-state index contributed by atoms with van der Waals surface area (Å²) in [4.78, 5) is 19.0. The maximum Gasteiger partial charge on any atom is 0.429 e. The van der Waals surface area contributed by atoms with Crippen molar-refractivity contribution in [3.05, 3.63) is 64.1 Å². The Morgan fingerprint density at radius 1 is 1.24 bits per heavy atom. The number of pyridine rings is 1. The van der Waals surface area contributed by atoms with Gasteiger partial charge in [0.2, 0.25) is 6.10 Å². The zero-order valence-corrected chi connectivity index (χ0v) is 13.9. The molecular weight excluding hydrogens is 408 g/mol. The minimum absolute atomic E-state index is 0.101. The van der Waals surface area contributed by atoms with Crippen molar-refractivity contribution in [3.8, 4) is 0 Å². The van der Waals surface area contributed by atoms with Gasteiger partial charge in [-0.2, -0.15) is 13.2 Å².